The maximum atomic E-state index is 13.0. The Balaban J connectivity index is 1.37. The van der Waals surface area contributed by atoms with Gasteiger partial charge in [-0.25, -0.2) is 13.4 Å². The van der Waals surface area contributed by atoms with Crippen LogP contribution in [0.2, 0.25) is 0 Å². The third-order valence-corrected chi connectivity index (χ3v) is 7.85. The van der Waals surface area contributed by atoms with E-state index in [0.717, 1.165) is 11.1 Å². The van der Waals surface area contributed by atoms with Crippen molar-refractivity contribution in [1.29, 1.82) is 0 Å². The van der Waals surface area contributed by atoms with Gasteiger partial charge in [-0.1, -0.05) is 18.2 Å². The minimum atomic E-state index is -3.59. The first-order valence-electron chi connectivity index (χ1n) is 10.6. The predicted octanol–water partition coefficient (Wildman–Crippen LogP) is 2.01. The average molecular weight is 455 g/mol. The molecule has 0 radical (unpaired) electrons. The van der Waals surface area contributed by atoms with Crippen molar-refractivity contribution in [1.82, 2.24) is 19.2 Å². The number of amides is 1. The molecule has 2 heterocycles. The summed E-state index contributed by atoms with van der Waals surface area (Å²) in [6.45, 7) is 4.97. The van der Waals surface area contributed by atoms with E-state index in [1.165, 1.54) is 4.31 Å². The average Bonchev–Trinajstić information content (AvgIpc) is 2.79. The Morgan fingerprint density at radius 1 is 1.03 bits per heavy atom. The van der Waals surface area contributed by atoms with Gasteiger partial charge in [0.25, 0.3) is 5.56 Å². The van der Waals surface area contributed by atoms with Crippen molar-refractivity contribution >= 4 is 27.0 Å². The molecular formula is C23H26N4O4S. The van der Waals surface area contributed by atoms with Gasteiger partial charge in [0, 0.05) is 39.0 Å². The second-order valence-corrected chi connectivity index (χ2v) is 10.00. The summed E-state index contributed by atoms with van der Waals surface area (Å²) in [6, 6.07) is 12.4. The zero-order chi connectivity index (χ0) is 22.9. The lowest BCUT2D eigenvalue weighted by Crippen LogP contribution is -2.50. The van der Waals surface area contributed by atoms with Crippen LogP contribution < -0.4 is 5.56 Å². The highest BCUT2D eigenvalue weighted by Crippen LogP contribution is 2.21. The molecule has 4 rings (SSSR count). The number of nitrogens with zero attached hydrogens (tertiary/aromatic N) is 3. The van der Waals surface area contributed by atoms with Gasteiger partial charge in [0.15, 0.2) is 0 Å². The molecule has 0 spiro atoms. The molecule has 0 unspecified atom stereocenters. The molecule has 1 amide bonds. The second-order valence-electron chi connectivity index (χ2n) is 8.06. The van der Waals surface area contributed by atoms with Crippen molar-refractivity contribution in [2.75, 3.05) is 26.2 Å². The van der Waals surface area contributed by atoms with E-state index in [0.29, 0.717) is 29.8 Å². The Morgan fingerprint density at radius 3 is 2.47 bits per heavy atom. The number of fused-ring (bicyclic) bond motifs is 1. The van der Waals surface area contributed by atoms with Crippen molar-refractivity contribution in [2.45, 2.75) is 31.6 Å². The highest BCUT2D eigenvalue weighted by molar-refractivity contribution is 7.89. The van der Waals surface area contributed by atoms with Gasteiger partial charge in [0.2, 0.25) is 15.9 Å². The van der Waals surface area contributed by atoms with Crippen LogP contribution in [-0.4, -0.2) is 59.7 Å². The zero-order valence-corrected chi connectivity index (χ0v) is 19.0. The molecule has 8 nitrogen and oxygen atoms in total. The van der Waals surface area contributed by atoms with Gasteiger partial charge in [-0.05, 0) is 49.2 Å². The zero-order valence-electron chi connectivity index (χ0n) is 18.2. The second kappa shape index (κ2) is 8.84. The summed E-state index contributed by atoms with van der Waals surface area (Å²) in [4.78, 5) is 34.0. The Kier molecular flexibility index (Phi) is 6.12. The largest absolute Gasteiger partial charge is 0.340 e. The third-order valence-electron chi connectivity index (χ3n) is 5.95. The van der Waals surface area contributed by atoms with Crippen LogP contribution in [0.3, 0.4) is 0 Å². The van der Waals surface area contributed by atoms with Gasteiger partial charge in [-0.2, -0.15) is 4.31 Å². The number of benzene rings is 2. The van der Waals surface area contributed by atoms with Crippen LogP contribution in [0.1, 0.15) is 23.2 Å². The van der Waals surface area contributed by atoms with Gasteiger partial charge in [0.05, 0.1) is 15.9 Å². The van der Waals surface area contributed by atoms with E-state index in [-0.39, 0.29) is 42.3 Å². The molecule has 2 aromatic carbocycles. The molecule has 0 aliphatic carbocycles. The number of carbonyl (C=O) groups is 1. The maximum Gasteiger partial charge on any atom is 0.270 e. The van der Waals surface area contributed by atoms with Gasteiger partial charge in [-0.15, -0.1) is 0 Å². The Labute approximate surface area is 186 Å². The number of hydrogen-bond acceptors (Lipinski definition) is 5. The predicted molar refractivity (Wildman–Crippen MR) is 122 cm³/mol. The number of carbonyl (C=O) groups excluding carboxylic acids is 1. The standard InChI is InChI=1S/C23H26N4O4S/c1-16-7-8-18(15-17(16)2)32(30,31)27-13-11-26(12-14-27)22(28)10-9-21-23(29)25-20-6-4-3-5-19(20)24-21/h3-8,15H,9-14H2,1-2H3,(H,25,29). The highest BCUT2D eigenvalue weighted by atomic mass is 32.2. The van der Waals surface area contributed by atoms with Gasteiger partial charge in [0.1, 0.15) is 5.69 Å². The lowest BCUT2D eigenvalue weighted by molar-refractivity contribution is -0.132. The van der Waals surface area contributed by atoms with Crippen molar-refractivity contribution < 1.29 is 13.2 Å². The van der Waals surface area contributed by atoms with Crippen LogP contribution in [0.25, 0.3) is 11.0 Å². The van der Waals surface area contributed by atoms with Crippen LogP contribution in [0.15, 0.2) is 52.2 Å². The van der Waals surface area contributed by atoms with E-state index in [9.17, 15) is 18.0 Å². The van der Waals surface area contributed by atoms with Crippen LogP contribution >= 0.6 is 0 Å². The molecule has 0 saturated carbocycles. The normalized spacial score (nSPS) is 15.2. The van der Waals surface area contributed by atoms with Gasteiger partial charge >= 0.3 is 0 Å². The Morgan fingerprint density at radius 2 is 1.75 bits per heavy atom. The van der Waals surface area contributed by atoms with Crippen molar-refractivity contribution in [3.63, 3.8) is 0 Å². The number of aromatic amines is 1. The number of aromatic nitrogens is 2. The van der Waals surface area contributed by atoms with Crippen molar-refractivity contribution in [3.05, 3.63) is 69.6 Å². The van der Waals surface area contributed by atoms with Crippen molar-refractivity contribution in [2.24, 2.45) is 0 Å². The minimum absolute atomic E-state index is 0.109. The minimum Gasteiger partial charge on any atom is -0.340 e. The van der Waals surface area contributed by atoms with Crippen molar-refractivity contribution in [3.8, 4) is 0 Å². The molecule has 1 aliphatic heterocycles. The number of para-hydroxylation sites is 2. The van der Waals surface area contributed by atoms with E-state index in [2.05, 4.69) is 9.97 Å². The molecule has 1 saturated heterocycles. The fourth-order valence-corrected chi connectivity index (χ4v) is 5.33. The molecular weight excluding hydrogens is 428 g/mol. The van der Waals surface area contributed by atoms with Gasteiger partial charge < -0.3 is 9.88 Å². The summed E-state index contributed by atoms with van der Waals surface area (Å²) in [5.74, 6) is -0.109. The molecule has 0 bridgehead atoms. The maximum absolute atomic E-state index is 13.0. The summed E-state index contributed by atoms with van der Waals surface area (Å²) in [5, 5.41) is 0. The van der Waals surface area contributed by atoms with Gasteiger partial charge in [-0.3, -0.25) is 9.59 Å². The number of piperazine rings is 1. The lowest BCUT2D eigenvalue weighted by Gasteiger charge is -2.34. The fraction of sp³-hybridized carbons (Fsp3) is 0.348. The summed E-state index contributed by atoms with van der Waals surface area (Å²) < 4.78 is 27.3. The quantitative estimate of drug-likeness (QED) is 0.635. The topological polar surface area (TPSA) is 103 Å². The SMILES string of the molecule is Cc1ccc(S(=O)(=O)N2CCN(C(=O)CCc3nc4ccccc4[nH]c3=O)CC2)cc1C. The molecule has 0 atom stereocenters. The highest BCUT2D eigenvalue weighted by Gasteiger charge is 2.30. The lowest BCUT2D eigenvalue weighted by atomic mass is 10.1. The fourth-order valence-electron chi connectivity index (χ4n) is 3.82. The van der Waals surface area contributed by atoms with Crippen LogP contribution in [0, 0.1) is 13.8 Å². The van der Waals surface area contributed by atoms with Crippen LogP contribution in [-0.2, 0) is 21.2 Å². The smallest absolute Gasteiger partial charge is 0.270 e. The van der Waals surface area contributed by atoms with E-state index in [1.54, 1.807) is 23.1 Å². The summed E-state index contributed by atoms with van der Waals surface area (Å²) in [7, 11) is -3.59. The first kappa shape index (κ1) is 22.2. The number of H-pyrrole nitrogens is 1. The summed E-state index contributed by atoms with van der Waals surface area (Å²) in [5.41, 5.74) is 3.35. The molecule has 9 heteroatoms. The Hall–Kier alpha value is -3.04. The number of nitrogens with one attached hydrogen (secondary N) is 1. The number of hydrogen-bond donors (Lipinski definition) is 1. The molecule has 1 fully saturated rings. The first-order valence-corrected chi connectivity index (χ1v) is 12.0. The molecule has 1 aliphatic rings. The van der Waals surface area contributed by atoms with E-state index in [1.807, 2.05) is 38.1 Å². The monoisotopic (exact) mass is 454 g/mol. The first-order chi connectivity index (χ1) is 15.3. The van der Waals surface area contributed by atoms with E-state index in [4.69, 9.17) is 0 Å². The van der Waals surface area contributed by atoms with Crippen LogP contribution in [0.4, 0.5) is 0 Å². The van der Waals surface area contributed by atoms with Crippen LogP contribution in [0.5, 0.6) is 0 Å². The molecule has 168 valence electrons. The number of rotatable bonds is 5. The molecule has 1 aromatic heterocycles. The Bertz CT molecular complexity index is 1330. The van der Waals surface area contributed by atoms with E-state index < -0.39 is 10.0 Å². The van der Waals surface area contributed by atoms with E-state index >= 15 is 0 Å². The summed E-state index contributed by atoms with van der Waals surface area (Å²) >= 11 is 0. The third kappa shape index (κ3) is 4.44. The number of sulfonamides is 1. The molecule has 1 N–H and O–H groups in total. The number of aryl methyl sites for hydroxylation is 3. The summed E-state index contributed by atoms with van der Waals surface area (Å²) in [6.07, 6.45) is 0.387. The molecule has 32 heavy (non-hydrogen) atoms. The molecule has 3 aromatic rings.